The highest BCUT2D eigenvalue weighted by Crippen LogP contribution is 2.28. The van der Waals surface area contributed by atoms with E-state index in [1.807, 2.05) is 38.1 Å². The van der Waals surface area contributed by atoms with Gasteiger partial charge in [-0.15, -0.1) is 0 Å². The standard InChI is InChI=1S/C24H29N5O3/c1-16-8-6-7-9-20(16)27-23(30)29(18-10-12-19(32-5)13-11-18)21-14-15-25-22(28-21)26-17(2)24(3,4)31/h6-15,17,31H,1-5H3,(H,27,30)(H,25,26,28)/t17-/m0/s1. The van der Waals surface area contributed by atoms with Gasteiger partial charge in [0.25, 0.3) is 0 Å². The number of carbonyl (C=O) groups excluding carboxylic acids is 1. The van der Waals surface area contributed by atoms with Crippen LogP contribution in [0.4, 0.5) is 27.9 Å². The Morgan fingerprint density at radius 2 is 1.81 bits per heavy atom. The van der Waals surface area contributed by atoms with Gasteiger partial charge in [-0.2, -0.15) is 4.98 Å². The number of urea groups is 1. The van der Waals surface area contributed by atoms with Crippen LogP contribution in [0.3, 0.4) is 0 Å². The van der Waals surface area contributed by atoms with Crippen molar-refractivity contribution in [3.63, 3.8) is 0 Å². The average molecular weight is 436 g/mol. The molecule has 0 aliphatic heterocycles. The molecule has 0 spiro atoms. The van der Waals surface area contributed by atoms with Crippen molar-refractivity contribution in [2.24, 2.45) is 0 Å². The summed E-state index contributed by atoms with van der Waals surface area (Å²) < 4.78 is 5.24. The van der Waals surface area contributed by atoms with Crippen LogP contribution in [-0.4, -0.2) is 39.9 Å². The van der Waals surface area contributed by atoms with E-state index in [1.54, 1.807) is 57.5 Å². The summed E-state index contributed by atoms with van der Waals surface area (Å²) in [6.07, 6.45) is 1.57. The van der Waals surface area contributed by atoms with E-state index >= 15 is 0 Å². The monoisotopic (exact) mass is 435 g/mol. The first-order valence-electron chi connectivity index (χ1n) is 10.3. The summed E-state index contributed by atoms with van der Waals surface area (Å²) in [5.74, 6) is 1.36. The van der Waals surface area contributed by atoms with Crippen LogP contribution in [0.25, 0.3) is 0 Å². The van der Waals surface area contributed by atoms with Crippen molar-refractivity contribution in [3.05, 3.63) is 66.4 Å². The van der Waals surface area contributed by atoms with Gasteiger partial charge in [-0.3, -0.25) is 0 Å². The number of aliphatic hydroxyl groups is 1. The van der Waals surface area contributed by atoms with Crippen LogP contribution in [-0.2, 0) is 0 Å². The smallest absolute Gasteiger partial charge is 0.332 e. The lowest BCUT2D eigenvalue weighted by Gasteiger charge is -2.27. The molecule has 3 rings (SSSR count). The Hall–Kier alpha value is -3.65. The lowest BCUT2D eigenvalue weighted by molar-refractivity contribution is 0.0646. The van der Waals surface area contributed by atoms with Crippen LogP contribution in [0.1, 0.15) is 26.3 Å². The molecule has 168 valence electrons. The first kappa shape index (κ1) is 23.0. The summed E-state index contributed by atoms with van der Waals surface area (Å²) in [5.41, 5.74) is 1.28. The second kappa shape index (κ2) is 9.65. The third-order valence-corrected chi connectivity index (χ3v) is 5.20. The zero-order chi connectivity index (χ0) is 23.3. The zero-order valence-corrected chi connectivity index (χ0v) is 19.0. The summed E-state index contributed by atoms with van der Waals surface area (Å²) >= 11 is 0. The quantitative estimate of drug-likeness (QED) is 0.496. The number of aryl methyl sites for hydroxylation is 1. The molecule has 0 aliphatic carbocycles. The van der Waals surface area contributed by atoms with Gasteiger partial charge in [-0.05, 0) is 63.6 Å². The summed E-state index contributed by atoms with van der Waals surface area (Å²) in [4.78, 5) is 23.6. The van der Waals surface area contributed by atoms with Gasteiger partial charge in [0.2, 0.25) is 5.95 Å². The minimum Gasteiger partial charge on any atom is -0.497 e. The molecular formula is C24H29N5O3. The van der Waals surface area contributed by atoms with Gasteiger partial charge >= 0.3 is 6.03 Å². The maximum absolute atomic E-state index is 13.4. The molecule has 2 amide bonds. The normalized spacial score (nSPS) is 12.1. The summed E-state index contributed by atoms with van der Waals surface area (Å²) in [6, 6.07) is 15.6. The number of methoxy groups -OCH3 is 1. The van der Waals surface area contributed by atoms with Gasteiger partial charge in [0.15, 0.2) is 0 Å². The van der Waals surface area contributed by atoms with Crippen LogP contribution in [0.5, 0.6) is 5.75 Å². The van der Waals surface area contributed by atoms with Crippen molar-refractivity contribution in [1.29, 1.82) is 0 Å². The molecule has 0 bridgehead atoms. The van der Waals surface area contributed by atoms with Gasteiger partial charge in [0.1, 0.15) is 11.6 Å². The Morgan fingerprint density at radius 1 is 1.12 bits per heavy atom. The van der Waals surface area contributed by atoms with Crippen molar-refractivity contribution in [2.45, 2.75) is 39.3 Å². The Labute approximate surface area is 188 Å². The fraction of sp³-hybridized carbons (Fsp3) is 0.292. The van der Waals surface area contributed by atoms with Crippen molar-refractivity contribution >= 4 is 29.2 Å². The van der Waals surface area contributed by atoms with Gasteiger partial charge in [0.05, 0.1) is 24.4 Å². The van der Waals surface area contributed by atoms with Crippen molar-refractivity contribution < 1.29 is 14.6 Å². The first-order valence-corrected chi connectivity index (χ1v) is 10.3. The molecular weight excluding hydrogens is 406 g/mol. The second-order valence-corrected chi connectivity index (χ2v) is 8.04. The number of nitrogens with one attached hydrogen (secondary N) is 2. The average Bonchev–Trinajstić information content (AvgIpc) is 2.76. The summed E-state index contributed by atoms with van der Waals surface area (Å²) in [7, 11) is 1.59. The molecule has 3 N–H and O–H groups in total. The number of rotatable bonds is 7. The SMILES string of the molecule is COc1ccc(N(C(=O)Nc2ccccc2C)c2ccnc(N[C@@H](C)C(C)(C)O)n2)cc1. The van der Waals surface area contributed by atoms with Crippen molar-refractivity contribution in [2.75, 3.05) is 22.6 Å². The fourth-order valence-corrected chi connectivity index (χ4v) is 2.88. The predicted octanol–water partition coefficient (Wildman–Crippen LogP) is 4.74. The molecule has 0 saturated heterocycles. The lowest BCUT2D eigenvalue weighted by atomic mass is 10.0. The number of ether oxygens (including phenoxy) is 1. The van der Waals surface area contributed by atoms with Crippen LogP contribution >= 0.6 is 0 Å². The number of anilines is 4. The molecule has 1 aromatic heterocycles. The maximum Gasteiger partial charge on any atom is 0.332 e. The van der Waals surface area contributed by atoms with E-state index in [0.29, 0.717) is 28.9 Å². The number of para-hydroxylation sites is 1. The number of hydrogen-bond donors (Lipinski definition) is 3. The Balaban J connectivity index is 1.98. The van der Waals surface area contributed by atoms with Gasteiger partial charge in [0, 0.05) is 18.0 Å². The molecule has 1 heterocycles. The topological polar surface area (TPSA) is 99.6 Å². The molecule has 8 heteroatoms. The third-order valence-electron chi connectivity index (χ3n) is 5.20. The zero-order valence-electron chi connectivity index (χ0n) is 19.0. The first-order chi connectivity index (χ1) is 15.2. The highest BCUT2D eigenvalue weighted by atomic mass is 16.5. The van der Waals surface area contributed by atoms with Gasteiger partial charge in [-0.1, -0.05) is 18.2 Å². The Kier molecular flexibility index (Phi) is 6.95. The van der Waals surface area contributed by atoms with E-state index in [-0.39, 0.29) is 12.1 Å². The Morgan fingerprint density at radius 3 is 2.44 bits per heavy atom. The minimum absolute atomic E-state index is 0.305. The minimum atomic E-state index is -0.975. The van der Waals surface area contributed by atoms with Crippen molar-refractivity contribution in [3.8, 4) is 5.75 Å². The number of benzene rings is 2. The predicted molar refractivity (Wildman–Crippen MR) is 127 cm³/mol. The van der Waals surface area contributed by atoms with Crippen LogP contribution in [0, 0.1) is 6.92 Å². The Bertz CT molecular complexity index is 1060. The lowest BCUT2D eigenvalue weighted by Crippen LogP contribution is -2.40. The highest BCUT2D eigenvalue weighted by molar-refractivity contribution is 6.06. The molecule has 3 aromatic rings. The van der Waals surface area contributed by atoms with E-state index < -0.39 is 5.60 Å². The number of nitrogens with zero attached hydrogens (tertiary/aromatic N) is 3. The van der Waals surface area contributed by atoms with Crippen molar-refractivity contribution in [1.82, 2.24) is 9.97 Å². The van der Waals surface area contributed by atoms with Gasteiger partial charge in [-0.25, -0.2) is 14.7 Å². The maximum atomic E-state index is 13.4. The number of hydrogen-bond acceptors (Lipinski definition) is 6. The number of amides is 2. The number of carbonyl (C=O) groups is 1. The molecule has 0 aliphatic rings. The highest BCUT2D eigenvalue weighted by Gasteiger charge is 2.24. The molecule has 0 radical (unpaired) electrons. The van der Waals surface area contributed by atoms with Crippen LogP contribution in [0.2, 0.25) is 0 Å². The number of aromatic nitrogens is 2. The van der Waals surface area contributed by atoms with E-state index in [9.17, 15) is 9.90 Å². The van der Waals surface area contributed by atoms with Crippen LogP contribution in [0.15, 0.2) is 60.8 Å². The largest absolute Gasteiger partial charge is 0.497 e. The second-order valence-electron chi connectivity index (χ2n) is 8.04. The fourth-order valence-electron chi connectivity index (χ4n) is 2.88. The molecule has 1 atom stereocenters. The molecule has 8 nitrogen and oxygen atoms in total. The van der Waals surface area contributed by atoms with E-state index in [1.165, 1.54) is 4.90 Å². The van der Waals surface area contributed by atoms with E-state index in [4.69, 9.17) is 4.74 Å². The van der Waals surface area contributed by atoms with E-state index in [0.717, 1.165) is 5.56 Å². The van der Waals surface area contributed by atoms with Crippen LogP contribution < -0.4 is 20.3 Å². The molecule has 2 aromatic carbocycles. The summed E-state index contributed by atoms with van der Waals surface area (Å²) in [6.45, 7) is 7.17. The molecule has 0 unspecified atom stereocenters. The molecule has 0 fully saturated rings. The van der Waals surface area contributed by atoms with E-state index in [2.05, 4.69) is 20.6 Å². The molecule has 32 heavy (non-hydrogen) atoms. The van der Waals surface area contributed by atoms with Gasteiger partial charge < -0.3 is 20.5 Å². The summed E-state index contributed by atoms with van der Waals surface area (Å²) in [5, 5.41) is 16.3. The third kappa shape index (κ3) is 5.53. The molecule has 0 saturated carbocycles.